The van der Waals surface area contributed by atoms with Crippen LogP contribution in [0.3, 0.4) is 0 Å². The maximum atomic E-state index is 15.1. The van der Waals surface area contributed by atoms with E-state index in [0.717, 1.165) is 29.2 Å². The second kappa shape index (κ2) is 21.9. The minimum Gasteiger partial charge on any atom is -0.507 e. The summed E-state index contributed by atoms with van der Waals surface area (Å²) in [6.07, 6.45) is 9.77. The number of halogens is 8. The summed E-state index contributed by atoms with van der Waals surface area (Å²) < 4.78 is 121. The Labute approximate surface area is 415 Å². The molecule has 0 bridgehead atoms. The van der Waals surface area contributed by atoms with Crippen LogP contribution in [-0.4, -0.2) is 45.0 Å². The first-order valence-electron chi connectivity index (χ1n) is 22.6. The predicted molar refractivity (Wildman–Crippen MR) is 271 cm³/mol. The average molecular weight is 1000 g/mol. The number of rotatable bonds is 11. The summed E-state index contributed by atoms with van der Waals surface area (Å²) in [5.41, 5.74) is -1.31. The number of aromatic hydroxyl groups is 2. The molecular weight excluding hydrogens is 953 g/mol. The standard InChI is InChI=1S/C34H28F8N2O2.C23H20N4/c1-33(2,3)17-11-7-9-15(31(17)45)13-43-29-25(39)21(35)19(22(36)26(29)40)20-23(37)27(41)30(28(42)24(20)38)44-14-16-10-8-12-18(32(16)46)34(4,5)6;1-3-22(24-13-1)16-26-20-9-5-18(6-10-20)15-19-7-11-21(12-8-19)27-17-23-4-2-14-25-23/h7-14,45-46H,1-6H3;1-14,16-17,24-25H,15H2. The smallest absolute Gasteiger partial charge is 0.188 e. The minimum absolute atomic E-state index is 0.0769. The van der Waals surface area contributed by atoms with Crippen molar-refractivity contribution in [3.8, 4) is 22.6 Å². The summed E-state index contributed by atoms with van der Waals surface area (Å²) in [6, 6.07) is 33.3. The lowest BCUT2D eigenvalue weighted by atomic mass is 9.85. The fraction of sp³-hybridized carbons (Fsp3) is 0.158. The molecule has 0 atom stereocenters. The summed E-state index contributed by atoms with van der Waals surface area (Å²) in [7, 11) is 0. The molecule has 0 unspecified atom stereocenters. The topological polar surface area (TPSA) is 121 Å². The molecule has 0 saturated heterocycles. The fourth-order valence-electron chi connectivity index (χ4n) is 7.49. The summed E-state index contributed by atoms with van der Waals surface area (Å²) in [6.45, 7) is 10.6. The number of nitrogens with one attached hydrogen (secondary N) is 2. The van der Waals surface area contributed by atoms with Crippen LogP contribution in [0.15, 0.2) is 142 Å². The lowest BCUT2D eigenvalue weighted by Gasteiger charge is -2.21. The van der Waals surface area contributed by atoms with Crippen molar-refractivity contribution in [2.75, 3.05) is 0 Å². The number of hydrogen-bond acceptors (Lipinski definition) is 6. The van der Waals surface area contributed by atoms with Gasteiger partial charge in [-0.25, -0.2) is 45.1 Å². The number of phenols is 2. The molecule has 4 N–H and O–H groups in total. The van der Waals surface area contributed by atoms with Crippen molar-refractivity contribution in [2.45, 2.75) is 58.8 Å². The molecule has 8 rings (SSSR count). The molecule has 0 saturated carbocycles. The quantitative estimate of drug-likeness (QED) is 0.0586. The van der Waals surface area contributed by atoms with Crippen LogP contribution >= 0.6 is 0 Å². The molecule has 0 radical (unpaired) electrons. The molecule has 0 aliphatic heterocycles. The summed E-state index contributed by atoms with van der Waals surface area (Å²) >= 11 is 0. The molecule has 0 fully saturated rings. The maximum Gasteiger partial charge on any atom is 0.188 e. The van der Waals surface area contributed by atoms with Crippen LogP contribution in [0.4, 0.5) is 57.9 Å². The third-order valence-electron chi connectivity index (χ3n) is 11.4. The Bertz CT molecular complexity index is 3090. The summed E-state index contributed by atoms with van der Waals surface area (Å²) in [5, 5.41) is 21.1. The first kappa shape index (κ1) is 52.4. The first-order valence-corrected chi connectivity index (χ1v) is 22.6. The molecule has 2 heterocycles. The molecule has 0 amide bonds. The minimum atomic E-state index is -2.39. The van der Waals surface area contributed by atoms with E-state index >= 15 is 35.1 Å². The van der Waals surface area contributed by atoms with Gasteiger partial charge in [-0.3, -0.25) is 9.98 Å². The molecule has 8 aromatic rings. The Kier molecular flexibility index (Phi) is 15.8. The van der Waals surface area contributed by atoms with Crippen LogP contribution in [0.1, 0.15) is 86.3 Å². The molecule has 0 aliphatic rings. The highest BCUT2D eigenvalue weighted by atomic mass is 19.2. The van der Waals surface area contributed by atoms with Crippen molar-refractivity contribution >= 4 is 47.6 Å². The van der Waals surface area contributed by atoms with Gasteiger partial charge in [-0.2, -0.15) is 0 Å². The van der Waals surface area contributed by atoms with Gasteiger partial charge in [-0.1, -0.05) is 90.1 Å². The number of para-hydroxylation sites is 2. The monoisotopic (exact) mass is 1000 g/mol. The van der Waals surface area contributed by atoms with Crippen molar-refractivity contribution in [3.63, 3.8) is 0 Å². The van der Waals surface area contributed by atoms with E-state index in [1.165, 1.54) is 35.4 Å². The van der Waals surface area contributed by atoms with Crippen molar-refractivity contribution in [2.24, 2.45) is 20.0 Å². The van der Waals surface area contributed by atoms with Crippen LogP contribution in [0, 0.1) is 46.5 Å². The van der Waals surface area contributed by atoms with E-state index in [1.807, 2.05) is 73.4 Å². The lowest BCUT2D eigenvalue weighted by molar-refractivity contribution is 0.444. The SMILES string of the molecule is C(=Nc1ccc(Cc2ccc(N=Cc3ccc[nH]3)cc2)cc1)c1ccc[nH]1.CC(C)(C)c1cccc(C=Nc2c(F)c(F)c(-c3c(F)c(F)c(N=Cc4cccc(C(C)(C)C)c4O)c(F)c3F)c(F)c2F)c1O. The molecule has 73 heavy (non-hydrogen) atoms. The van der Waals surface area contributed by atoms with Gasteiger partial charge in [-0.05, 0) is 100 Å². The highest BCUT2D eigenvalue weighted by Crippen LogP contribution is 2.42. The molecule has 374 valence electrons. The Hall–Kier alpha value is -8.40. The predicted octanol–water partition coefficient (Wildman–Crippen LogP) is 15.4. The fourth-order valence-corrected chi connectivity index (χ4v) is 7.49. The van der Waals surface area contributed by atoms with Crippen LogP contribution < -0.4 is 0 Å². The Morgan fingerprint density at radius 2 is 0.753 bits per heavy atom. The number of nitrogens with zero attached hydrogens (tertiary/aromatic N) is 4. The number of aliphatic imine (C=N–C) groups is 4. The van der Waals surface area contributed by atoms with Crippen LogP contribution in [0.5, 0.6) is 11.5 Å². The van der Waals surface area contributed by atoms with Crippen molar-refractivity contribution in [1.82, 2.24) is 9.97 Å². The molecule has 0 aliphatic carbocycles. The van der Waals surface area contributed by atoms with Crippen LogP contribution in [0.25, 0.3) is 11.1 Å². The molecular formula is C57H48F8N6O2. The zero-order chi connectivity index (χ0) is 52.8. The number of benzene rings is 6. The van der Waals surface area contributed by atoms with E-state index in [9.17, 15) is 10.2 Å². The zero-order valence-electron chi connectivity index (χ0n) is 40.3. The Morgan fingerprint density at radius 3 is 1.05 bits per heavy atom. The highest BCUT2D eigenvalue weighted by molar-refractivity contribution is 5.88. The Morgan fingerprint density at radius 1 is 0.411 bits per heavy atom. The van der Waals surface area contributed by atoms with E-state index in [2.05, 4.69) is 54.2 Å². The Balaban J connectivity index is 0.000000244. The largest absolute Gasteiger partial charge is 0.507 e. The zero-order valence-corrected chi connectivity index (χ0v) is 40.3. The van der Waals surface area contributed by atoms with E-state index in [0.29, 0.717) is 23.6 Å². The van der Waals surface area contributed by atoms with Crippen LogP contribution in [0.2, 0.25) is 0 Å². The van der Waals surface area contributed by atoms with E-state index in [1.54, 1.807) is 53.7 Å². The maximum absolute atomic E-state index is 15.1. The van der Waals surface area contributed by atoms with Gasteiger partial charge < -0.3 is 20.2 Å². The molecule has 16 heteroatoms. The van der Waals surface area contributed by atoms with Gasteiger partial charge in [0.1, 0.15) is 22.9 Å². The number of hydrogen-bond donors (Lipinski definition) is 4. The van der Waals surface area contributed by atoms with Gasteiger partial charge in [0.05, 0.1) is 46.3 Å². The van der Waals surface area contributed by atoms with E-state index in [4.69, 9.17) is 0 Å². The summed E-state index contributed by atoms with van der Waals surface area (Å²) in [4.78, 5) is 22.0. The van der Waals surface area contributed by atoms with Crippen molar-refractivity contribution in [3.05, 3.63) is 213 Å². The van der Waals surface area contributed by atoms with Gasteiger partial charge in [0, 0.05) is 35.9 Å². The lowest BCUT2D eigenvalue weighted by Crippen LogP contribution is -2.11. The van der Waals surface area contributed by atoms with Gasteiger partial charge in [0.25, 0.3) is 0 Å². The highest BCUT2D eigenvalue weighted by Gasteiger charge is 2.34. The molecule has 0 spiro atoms. The molecule has 8 nitrogen and oxygen atoms in total. The van der Waals surface area contributed by atoms with Crippen molar-refractivity contribution < 1.29 is 45.3 Å². The van der Waals surface area contributed by atoms with Gasteiger partial charge in [-0.15, -0.1) is 0 Å². The van der Waals surface area contributed by atoms with Gasteiger partial charge in [0.2, 0.25) is 0 Å². The third kappa shape index (κ3) is 12.0. The van der Waals surface area contributed by atoms with Gasteiger partial charge in [0.15, 0.2) is 46.5 Å². The van der Waals surface area contributed by atoms with Crippen LogP contribution in [-0.2, 0) is 17.3 Å². The number of phenolic OH excluding ortho intramolecular Hbond substituents is 2. The van der Waals surface area contributed by atoms with E-state index in [-0.39, 0.29) is 22.6 Å². The third-order valence-corrected chi connectivity index (χ3v) is 11.4. The summed E-state index contributed by atoms with van der Waals surface area (Å²) in [5.74, 6) is -19.1. The normalized spacial score (nSPS) is 12.2. The number of H-pyrrole nitrogens is 2. The second-order valence-corrected chi connectivity index (χ2v) is 18.7. The average Bonchev–Trinajstić information content (AvgIpc) is 4.09. The van der Waals surface area contributed by atoms with Gasteiger partial charge >= 0.3 is 0 Å². The molecule has 2 aromatic heterocycles. The second-order valence-electron chi connectivity index (χ2n) is 18.7. The number of aromatic nitrogens is 2. The number of aromatic amines is 2. The molecule has 6 aromatic carbocycles. The first-order chi connectivity index (χ1) is 34.6. The van der Waals surface area contributed by atoms with Crippen molar-refractivity contribution in [1.29, 1.82) is 0 Å². The van der Waals surface area contributed by atoms with E-state index < -0.39 is 79.9 Å².